The Bertz CT molecular complexity index is 588. The van der Waals surface area contributed by atoms with E-state index < -0.39 is 11.9 Å². The molecule has 0 unspecified atom stereocenters. The fraction of sp³-hybridized carbons (Fsp3) is 0.400. The van der Waals surface area contributed by atoms with Gasteiger partial charge in [0.25, 0.3) is 0 Å². The highest BCUT2D eigenvalue weighted by Gasteiger charge is 2.07. The van der Waals surface area contributed by atoms with Gasteiger partial charge in [-0.3, -0.25) is 4.79 Å². The van der Waals surface area contributed by atoms with Gasteiger partial charge in [0.2, 0.25) is 6.08 Å². The summed E-state index contributed by atoms with van der Waals surface area (Å²) >= 11 is 0. The van der Waals surface area contributed by atoms with Gasteiger partial charge in [-0.05, 0) is 56.9 Å². The average Bonchev–Trinajstić information content (AvgIpc) is 2.42. The van der Waals surface area contributed by atoms with E-state index in [2.05, 4.69) is 22.4 Å². The Labute approximate surface area is 124 Å². The number of primary amides is 1. The second-order valence-corrected chi connectivity index (χ2v) is 4.40. The zero-order valence-corrected chi connectivity index (χ0v) is 12.9. The number of carbonyl (C=O) groups excluding carboxylic acids is 3. The molecule has 0 radical (unpaired) electrons. The second-order valence-electron chi connectivity index (χ2n) is 4.40. The van der Waals surface area contributed by atoms with Crippen molar-refractivity contribution in [2.75, 3.05) is 6.61 Å². The molecule has 0 heterocycles. The Kier molecular flexibility index (Phi) is 7.65. The second kappa shape index (κ2) is 8.66. The standard InChI is InChI=1S/C11H13NO.C4H7NO3/c1-7-5-8(2)11(12-6-13)10(4)9(7)3;1-2-8-4(7)3(5)6/h5H,1-4H3;2H2,1H3,(H2,5,6). The van der Waals surface area contributed by atoms with E-state index in [1.165, 1.54) is 11.1 Å². The number of hydrogen-bond acceptors (Lipinski definition) is 5. The summed E-state index contributed by atoms with van der Waals surface area (Å²) in [5, 5.41) is 0. The zero-order chi connectivity index (χ0) is 16.6. The van der Waals surface area contributed by atoms with Gasteiger partial charge in [-0.2, -0.15) is 4.99 Å². The van der Waals surface area contributed by atoms with Crippen LogP contribution in [0, 0.1) is 27.7 Å². The lowest BCUT2D eigenvalue weighted by atomic mass is 9.99. The Morgan fingerprint density at radius 3 is 2.14 bits per heavy atom. The number of aryl methyl sites for hydroxylation is 2. The number of amides is 1. The van der Waals surface area contributed by atoms with Crippen molar-refractivity contribution in [3.8, 4) is 0 Å². The normalized spacial score (nSPS) is 9.00. The molecule has 0 fully saturated rings. The van der Waals surface area contributed by atoms with E-state index in [4.69, 9.17) is 0 Å². The molecule has 0 aliphatic rings. The van der Waals surface area contributed by atoms with Gasteiger partial charge in [-0.25, -0.2) is 9.59 Å². The number of benzene rings is 1. The van der Waals surface area contributed by atoms with Crippen LogP contribution in [-0.4, -0.2) is 24.6 Å². The van der Waals surface area contributed by atoms with Crippen LogP contribution < -0.4 is 5.73 Å². The molecule has 0 saturated carbocycles. The predicted octanol–water partition coefficient (Wildman–Crippen LogP) is 1.92. The van der Waals surface area contributed by atoms with Crippen LogP contribution in [0.4, 0.5) is 5.69 Å². The third-order valence-corrected chi connectivity index (χ3v) is 2.95. The number of nitrogens with two attached hydrogens (primary N) is 1. The van der Waals surface area contributed by atoms with Crippen LogP contribution in [0.3, 0.4) is 0 Å². The number of rotatable bonds is 2. The van der Waals surface area contributed by atoms with Crippen molar-refractivity contribution in [3.05, 3.63) is 28.3 Å². The molecule has 0 atom stereocenters. The van der Waals surface area contributed by atoms with Crippen LogP contribution in [0.5, 0.6) is 0 Å². The molecule has 0 aromatic heterocycles. The van der Waals surface area contributed by atoms with Gasteiger partial charge < -0.3 is 10.5 Å². The van der Waals surface area contributed by atoms with Crippen molar-refractivity contribution >= 4 is 23.6 Å². The number of aliphatic imine (C=N–C) groups is 1. The average molecular weight is 292 g/mol. The summed E-state index contributed by atoms with van der Waals surface area (Å²) < 4.78 is 4.19. The van der Waals surface area contributed by atoms with Crippen LogP contribution >= 0.6 is 0 Å². The third kappa shape index (κ3) is 5.58. The molecular weight excluding hydrogens is 272 g/mol. The van der Waals surface area contributed by atoms with E-state index in [1.54, 1.807) is 13.0 Å². The number of nitrogens with zero attached hydrogens (tertiary/aromatic N) is 1. The lowest BCUT2D eigenvalue weighted by Crippen LogP contribution is -2.25. The minimum absolute atomic E-state index is 0.182. The van der Waals surface area contributed by atoms with Crippen molar-refractivity contribution < 1.29 is 19.1 Å². The SMILES string of the molecule is CCOC(=O)C(N)=O.Cc1cc(C)c(N=C=O)c(C)c1C. The van der Waals surface area contributed by atoms with E-state index in [0.717, 1.165) is 16.8 Å². The Hall–Kier alpha value is -2.46. The number of esters is 1. The number of hydrogen-bond donors (Lipinski definition) is 1. The lowest BCUT2D eigenvalue weighted by Gasteiger charge is -2.09. The first-order chi connectivity index (χ1) is 9.76. The maximum atomic E-state index is 10.2. The zero-order valence-electron chi connectivity index (χ0n) is 12.9. The monoisotopic (exact) mass is 292 g/mol. The fourth-order valence-corrected chi connectivity index (χ4v) is 1.69. The van der Waals surface area contributed by atoms with Crippen LogP contribution in [-0.2, 0) is 19.1 Å². The van der Waals surface area contributed by atoms with Crippen molar-refractivity contribution in [1.82, 2.24) is 0 Å². The molecular formula is C15H20N2O4. The minimum atomic E-state index is -1.05. The van der Waals surface area contributed by atoms with Gasteiger partial charge in [0.15, 0.2) is 0 Å². The van der Waals surface area contributed by atoms with Gasteiger partial charge in [0, 0.05) is 0 Å². The van der Waals surface area contributed by atoms with Crippen LogP contribution in [0.25, 0.3) is 0 Å². The molecule has 1 amide bonds. The van der Waals surface area contributed by atoms with Crippen LogP contribution in [0.2, 0.25) is 0 Å². The van der Waals surface area contributed by atoms with E-state index >= 15 is 0 Å². The maximum Gasteiger partial charge on any atom is 0.396 e. The topological polar surface area (TPSA) is 98.8 Å². The summed E-state index contributed by atoms with van der Waals surface area (Å²) in [6.45, 7) is 9.81. The van der Waals surface area contributed by atoms with Gasteiger partial charge >= 0.3 is 11.9 Å². The summed E-state index contributed by atoms with van der Waals surface area (Å²) in [5.74, 6) is -2.03. The number of isocyanates is 1. The molecule has 114 valence electrons. The molecule has 1 rings (SSSR count). The number of ether oxygens (including phenoxy) is 1. The van der Waals surface area contributed by atoms with E-state index in [1.807, 2.05) is 26.8 Å². The number of carbonyl (C=O) groups is 2. The van der Waals surface area contributed by atoms with Gasteiger partial charge in [-0.15, -0.1) is 0 Å². The summed E-state index contributed by atoms with van der Waals surface area (Å²) in [4.78, 5) is 33.8. The first-order valence-corrected chi connectivity index (χ1v) is 6.38. The molecule has 21 heavy (non-hydrogen) atoms. The molecule has 1 aromatic rings. The highest BCUT2D eigenvalue weighted by Crippen LogP contribution is 2.28. The first-order valence-electron chi connectivity index (χ1n) is 6.38. The predicted molar refractivity (Wildman–Crippen MR) is 79.0 cm³/mol. The highest BCUT2D eigenvalue weighted by molar-refractivity contribution is 6.31. The quantitative estimate of drug-likeness (QED) is 0.389. The van der Waals surface area contributed by atoms with Crippen molar-refractivity contribution in [3.63, 3.8) is 0 Å². The van der Waals surface area contributed by atoms with Gasteiger partial charge in [-0.1, -0.05) is 6.07 Å². The molecule has 6 heteroatoms. The summed E-state index contributed by atoms with van der Waals surface area (Å²) in [5.41, 5.74) is 9.80. The smallest absolute Gasteiger partial charge is 0.396 e. The molecule has 2 N–H and O–H groups in total. The Balaban J connectivity index is 0.000000433. The van der Waals surface area contributed by atoms with E-state index in [9.17, 15) is 14.4 Å². The van der Waals surface area contributed by atoms with Crippen molar-refractivity contribution in [1.29, 1.82) is 0 Å². The molecule has 0 bridgehead atoms. The van der Waals surface area contributed by atoms with Crippen molar-refractivity contribution in [2.24, 2.45) is 10.7 Å². The maximum absolute atomic E-state index is 10.2. The molecule has 0 saturated heterocycles. The van der Waals surface area contributed by atoms with Crippen molar-refractivity contribution in [2.45, 2.75) is 34.6 Å². The summed E-state index contributed by atoms with van der Waals surface area (Å²) in [7, 11) is 0. The molecule has 6 nitrogen and oxygen atoms in total. The molecule has 1 aromatic carbocycles. The molecule has 0 aliphatic heterocycles. The minimum Gasteiger partial charge on any atom is -0.459 e. The Morgan fingerprint density at radius 2 is 1.76 bits per heavy atom. The van der Waals surface area contributed by atoms with E-state index in [-0.39, 0.29) is 6.61 Å². The summed E-state index contributed by atoms with van der Waals surface area (Å²) in [6.07, 6.45) is 1.59. The Morgan fingerprint density at radius 1 is 1.19 bits per heavy atom. The summed E-state index contributed by atoms with van der Waals surface area (Å²) in [6, 6.07) is 2.04. The van der Waals surface area contributed by atoms with Crippen LogP contribution in [0.1, 0.15) is 29.2 Å². The van der Waals surface area contributed by atoms with Gasteiger partial charge in [0.05, 0.1) is 12.3 Å². The molecule has 0 spiro atoms. The molecule has 0 aliphatic carbocycles. The lowest BCUT2D eigenvalue weighted by molar-refractivity contribution is -0.153. The van der Waals surface area contributed by atoms with Crippen LogP contribution in [0.15, 0.2) is 11.1 Å². The highest BCUT2D eigenvalue weighted by atomic mass is 16.5. The fourth-order valence-electron chi connectivity index (χ4n) is 1.69. The van der Waals surface area contributed by atoms with Gasteiger partial charge in [0.1, 0.15) is 0 Å². The van der Waals surface area contributed by atoms with E-state index in [0.29, 0.717) is 0 Å². The third-order valence-electron chi connectivity index (χ3n) is 2.95. The first kappa shape index (κ1) is 18.5. The largest absolute Gasteiger partial charge is 0.459 e.